The monoisotopic (exact) mass is 381 g/mol. The summed E-state index contributed by atoms with van der Waals surface area (Å²) in [6, 6.07) is 16.3. The highest BCUT2D eigenvalue weighted by Crippen LogP contribution is 2.48. The molecule has 1 saturated carbocycles. The van der Waals surface area contributed by atoms with E-state index in [1.165, 1.54) is 5.39 Å². The molecule has 2 aromatic carbocycles. The summed E-state index contributed by atoms with van der Waals surface area (Å²) in [4.78, 5) is 23.9. The summed E-state index contributed by atoms with van der Waals surface area (Å²) in [6.45, 7) is 1.37. The van der Waals surface area contributed by atoms with Crippen LogP contribution in [0.1, 0.15) is 34.0 Å². The second-order valence-corrected chi connectivity index (χ2v) is 7.91. The Bertz CT molecular complexity index is 1230. The Morgan fingerprint density at radius 2 is 1.90 bits per heavy atom. The molecule has 0 bridgehead atoms. The van der Waals surface area contributed by atoms with Crippen molar-refractivity contribution in [3.8, 4) is 11.5 Å². The Balaban J connectivity index is 1.21. The zero-order valence-corrected chi connectivity index (χ0v) is 15.8. The van der Waals surface area contributed by atoms with Crippen molar-refractivity contribution in [2.24, 2.45) is 5.92 Å². The van der Waals surface area contributed by atoms with E-state index >= 15 is 0 Å². The van der Waals surface area contributed by atoms with Crippen LogP contribution < -0.4 is 0 Å². The number of fused-ring (bicyclic) bond motifs is 2. The highest BCUT2D eigenvalue weighted by Gasteiger charge is 2.43. The number of amides is 1. The van der Waals surface area contributed by atoms with Crippen LogP contribution in [-0.2, 0) is 6.54 Å². The largest absolute Gasteiger partial charge is 0.445 e. The maximum Gasteiger partial charge on any atom is 0.254 e. The summed E-state index contributed by atoms with van der Waals surface area (Å²) in [7, 11) is 0. The highest BCUT2D eigenvalue weighted by molar-refractivity contribution is 6.00. The topological polar surface area (TPSA) is 59.2 Å². The number of hydrogen-bond donors (Lipinski definition) is 0. The van der Waals surface area contributed by atoms with Crippen molar-refractivity contribution in [1.29, 1.82) is 0 Å². The predicted octanol–water partition coefficient (Wildman–Crippen LogP) is 4.65. The molecular weight excluding hydrogens is 362 g/mol. The van der Waals surface area contributed by atoms with Gasteiger partial charge in [-0.05, 0) is 41.5 Å². The van der Waals surface area contributed by atoms with Gasteiger partial charge >= 0.3 is 0 Å². The molecule has 6 rings (SSSR count). The summed E-state index contributed by atoms with van der Waals surface area (Å²) in [5.74, 6) is 1.57. The van der Waals surface area contributed by atoms with Gasteiger partial charge in [0.25, 0.3) is 5.91 Å². The summed E-state index contributed by atoms with van der Waals surface area (Å²) in [5.41, 5.74) is 3.83. The summed E-state index contributed by atoms with van der Waals surface area (Å²) < 4.78 is 5.47. The fourth-order valence-electron chi connectivity index (χ4n) is 4.49. The average molecular weight is 381 g/mol. The number of benzene rings is 2. The molecule has 5 heteroatoms. The molecule has 2 aliphatic rings. The first kappa shape index (κ1) is 16.5. The minimum atomic E-state index is 0.102. The van der Waals surface area contributed by atoms with Gasteiger partial charge in [-0.2, -0.15) is 0 Å². The zero-order chi connectivity index (χ0) is 19.4. The number of rotatable bonds is 4. The fourth-order valence-corrected chi connectivity index (χ4v) is 4.49. The Kier molecular flexibility index (Phi) is 3.57. The van der Waals surface area contributed by atoms with E-state index in [4.69, 9.17) is 4.42 Å². The minimum absolute atomic E-state index is 0.102. The summed E-state index contributed by atoms with van der Waals surface area (Å²) >= 11 is 0. The molecule has 4 aromatic rings. The average Bonchev–Trinajstić information content (AvgIpc) is 3.16. The van der Waals surface area contributed by atoms with E-state index in [1.54, 1.807) is 12.5 Å². The van der Waals surface area contributed by atoms with Crippen LogP contribution in [0.15, 0.2) is 71.6 Å². The smallest absolute Gasteiger partial charge is 0.254 e. The van der Waals surface area contributed by atoms with E-state index in [0.717, 1.165) is 40.7 Å². The summed E-state index contributed by atoms with van der Waals surface area (Å²) in [5, 5.41) is 2.39. The van der Waals surface area contributed by atoms with Gasteiger partial charge in [0.15, 0.2) is 0 Å². The number of carbonyl (C=O) groups excluding carboxylic acids is 1. The van der Waals surface area contributed by atoms with Crippen LogP contribution in [0.25, 0.3) is 22.2 Å². The van der Waals surface area contributed by atoms with E-state index in [9.17, 15) is 4.79 Å². The normalized spacial score (nSPS) is 20.3. The highest BCUT2D eigenvalue weighted by atomic mass is 16.3. The van der Waals surface area contributed by atoms with Gasteiger partial charge in [0.1, 0.15) is 6.26 Å². The van der Waals surface area contributed by atoms with Crippen molar-refractivity contribution in [2.75, 3.05) is 6.54 Å². The molecule has 1 aliphatic carbocycles. The van der Waals surface area contributed by atoms with Gasteiger partial charge in [-0.25, -0.2) is 4.98 Å². The van der Waals surface area contributed by atoms with Crippen LogP contribution in [0.2, 0.25) is 0 Å². The molecule has 5 nitrogen and oxygen atoms in total. The van der Waals surface area contributed by atoms with Crippen molar-refractivity contribution in [3.05, 3.63) is 84.0 Å². The molecule has 0 radical (unpaired) electrons. The van der Waals surface area contributed by atoms with Crippen LogP contribution in [0, 0.1) is 5.92 Å². The van der Waals surface area contributed by atoms with Gasteiger partial charge in [-0.1, -0.05) is 30.3 Å². The van der Waals surface area contributed by atoms with Crippen LogP contribution in [0.4, 0.5) is 0 Å². The summed E-state index contributed by atoms with van der Waals surface area (Å²) in [6.07, 6.45) is 6.24. The molecule has 2 aromatic heterocycles. The number of hydrogen-bond acceptors (Lipinski definition) is 4. The van der Waals surface area contributed by atoms with E-state index in [-0.39, 0.29) is 5.91 Å². The minimum Gasteiger partial charge on any atom is -0.445 e. The van der Waals surface area contributed by atoms with Crippen molar-refractivity contribution in [2.45, 2.75) is 18.9 Å². The molecule has 2 atom stereocenters. The molecule has 142 valence electrons. The third-order valence-corrected chi connectivity index (χ3v) is 6.11. The number of aromatic nitrogens is 2. The first-order valence-electron chi connectivity index (χ1n) is 9.93. The van der Waals surface area contributed by atoms with Crippen LogP contribution >= 0.6 is 0 Å². The standard InChI is InChI=1S/C24H19N3O2/c28-24-19-7-3-6-18(23-25-8-9-29-23)21(19)14-27(24)13-17-10-20(17)22-11-15-4-1-2-5-16(15)12-26-22/h1-9,11-12,17,20H,10,13-14H2/t17-,20+/m1/s1. The van der Waals surface area contributed by atoms with Crippen molar-refractivity contribution >= 4 is 16.7 Å². The maximum atomic E-state index is 13.0. The van der Waals surface area contributed by atoms with Crippen LogP contribution in [0.5, 0.6) is 0 Å². The molecule has 1 amide bonds. The van der Waals surface area contributed by atoms with Crippen molar-refractivity contribution in [3.63, 3.8) is 0 Å². The lowest BCUT2D eigenvalue weighted by molar-refractivity contribution is 0.0770. The van der Waals surface area contributed by atoms with Crippen LogP contribution in [0.3, 0.4) is 0 Å². The number of oxazole rings is 1. The Morgan fingerprint density at radius 3 is 2.76 bits per heavy atom. The van der Waals surface area contributed by atoms with E-state index in [2.05, 4.69) is 34.2 Å². The Hall–Kier alpha value is -3.47. The molecule has 0 unspecified atom stereocenters. The Labute approximate surface area is 168 Å². The van der Waals surface area contributed by atoms with Gasteiger partial charge < -0.3 is 9.32 Å². The zero-order valence-electron chi connectivity index (χ0n) is 15.8. The molecule has 1 fully saturated rings. The molecule has 0 N–H and O–H groups in total. The first-order valence-corrected chi connectivity index (χ1v) is 9.93. The van der Waals surface area contributed by atoms with Gasteiger partial charge in [-0.3, -0.25) is 9.78 Å². The fraction of sp³-hybridized carbons (Fsp3) is 0.208. The number of carbonyl (C=O) groups is 1. The number of nitrogens with zero attached hydrogens (tertiary/aromatic N) is 3. The van der Waals surface area contributed by atoms with Gasteiger partial charge in [0.05, 0.1) is 6.20 Å². The van der Waals surface area contributed by atoms with E-state index < -0.39 is 0 Å². The van der Waals surface area contributed by atoms with E-state index in [0.29, 0.717) is 24.3 Å². The SMILES string of the molecule is O=C1c2cccc(-c3ncco3)c2CN1C[C@H]1C[C@@H]1c1cc2ccccc2cn1. The third-order valence-electron chi connectivity index (χ3n) is 6.11. The molecular formula is C24H19N3O2. The molecule has 0 saturated heterocycles. The first-order chi connectivity index (χ1) is 14.3. The lowest BCUT2D eigenvalue weighted by Gasteiger charge is -2.15. The maximum absolute atomic E-state index is 13.0. The predicted molar refractivity (Wildman–Crippen MR) is 109 cm³/mol. The van der Waals surface area contributed by atoms with Gasteiger partial charge in [-0.15, -0.1) is 0 Å². The molecule has 1 aliphatic heterocycles. The van der Waals surface area contributed by atoms with Gasteiger partial charge in [0, 0.05) is 47.4 Å². The van der Waals surface area contributed by atoms with E-state index in [1.807, 2.05) is 35.4 Å². The quantitative estimate of drug-likeness (QED) is 0.516. The lowest BCUT2D eigenvalue weighted by Crippen LogP contribution is -2.26. The Morgan fingerprint density at radius 1 is 1.03 bits per heavy atom. The number of pyridine rings is 1. The molecule has 29 heavy (non-hydrogen) atoms. The molecule has 3 heterocycles. The second kappa shape index (κ2) is 6.27. The van der Waals surface area contributed by atoms with Crippen molar-refractivity contribution in [1.82, 2.24) is 14.9 Å². The van der Waals surface area contributed by atoms with Crippen molar-refractivity contribution < 1.29 is 9.21 Å². The second-order valence-electron chi connectivity index (χ2n) is 7.91. The molecule has 0 spiro atoms. The van der Waals surface area contributed by atoms with Crippen LogP contribution in [-0.4, -0.2) is 27.3 Å². The van der Waals surface area contributed by atoms with Gasteiger partial charge in [0.2, 0.25) is 5.89 Å². The lowest BCUT2D eigenvalue weighted by atomic mass is 10.0. The third kappa shape index (κ3) is 2.73.